The molecule has 7 nitrogen and oxygen atoms in total. The Labute approximate surface area is 215 Å². The lowest BCUT2D eigenvalue weighted by atomic mass is 9.62. The van der Waals surface area contributed by atoms with Gasteiger partial charge < -0.3 is 19.9 Å². The van der Waals surface area contributed by atoms with Crippen LogP contribution in [0, 0.1) is 11.2 Å². The van der Waals surface area contributed by atoms with E-state index < -0.39 is 11.4 Å². The van der Waals surface area contributed by atoms with Crippen molar-refractivity contribution in [2.24, 2.45) is 5.41 Å². The van der Waals surface area contributed by atoms with Gasteiger partial charge in [0.15, 0.2) is 0 Å². The molecule has 1 heterocycles. The maximum atomic E-state index is 13.5. The summed E-state index contributed by atoms with van der Waals surface area (Å²) in [4.78, 5) is 12.9. The number of benzene rings is 2. The number of nitrogens with one attached hydrogen (secondary N) is 1. The fourth-order valence-corrected chi connectivity index (χ4v) is 5.73. The van der Waals surface area contributed by atoms with Crippen LogP contribution in [0.4, 0.5) is 4.39 Å². The predicted octanol–water partition coefficient (Wildman–Crippen LogP) is 4.94. The number of hydrogen-bond donors (Lipinski definition) is 2. The SMILES string of the molecule is CCc1nn(-c2ccc(F)cc2)c2c1C[C@]1(C(=O)O)C[C@@H](NCc3ccc(OC)cc3OC)CCC1=C2. The first kappa shape index (κ1) is 25.0. The van der Waals surface area contributed by atoms with Crippen molar-refractivity contribution in [3.63, 3.8) is 0 Å². The van der Waals surface area contributed by atoms with Crippen LogP contribution in [0.1, 0.15) is 48.7 Å². The first-order valence-corrected chi connectivity index (χ1v) is 12.6. The van der Waals surface area contributed by atoms with Crippen molar-refractivity contribution < 1.29 is 23.8 Å². The number of methoxy groups -OCH3 is 2. The van der Waals surface area contributed by atoms with E-state index in [4.69, 9.17) is 14.6 Å². The van der Waals surface area contributed by atoms with Gasteiger partial charge in [0.25, 0.3) is 0 Å². The van der Waals surface area contributed by atoms with Crippen molar-refractivity contribution in [3.05, 3.63) is 76.4 Å². The zero-order chi connectivity index (χ0) is 26.2. The van der Waals surface area contributed by atoms with Gasteiger partial charge in [0, 0.05) is 29.8 Å². The third kappa shape index (κ3) is 4.50. The van der Waals surface area contributed by atoms with Crippen molar-refractivity contribution in [2.45, 2.75) is 51.6 Å². The second kappa shape index (κ2) is 10.0. The molecule has 0 unspecified atom stereocenters. The van der Waals surface area contributed by atoms with E-state index >= 15 is 0 Å². The number of aromatic nitrogens is 2. The van der Waals surface area contributed by atoms with E-state index in [-0.39, 0.29) is 11.9 Å². The molecule has 2 N–H and O–H groups in total. The fraction of sp³-hybridized carbons (Fsp3) is 0.379. The quantitative estimate of drug-likeness (QED) is 0.451. The minimum atomic E-state index is -0.979. The molecule has 0 radical (unpaired) electrons. The van der Waals surface area contributed by atoms with E-state index in [0.29, 0.717) is 32.2 Å². The Morgan fingerprint density at radius 2 is 2.00 bits per heavy atom. The van der Waals surface area contributed by atoms with E-state index in [2.05, 4.69) is 5.32 Å². The molecule has 2 aliphatic carbocycles. The lowest BCUT2D eigenvalue weighted by Crippen LogP contribution is -2.47. The number of nitrogens with zero attached hydrogens (tertiary/aromatic N) is 2. The molecule has 1 fully saturated rings. The fourth-order valence-electron chi connectivity index (χ4n) is 5.73. The minimum Gasteiger partial charge on any atom is -0.497 e. The smallest absolute Gasteiger partial charge is 0.314 e. The van der Waals surface area contributed by atoms with Crippen LogP contribution < -0.4 is 14.8 Å². The van der Waals surface area contributed by atoms with Crippen LogP contribution in [0.25, 0.3) is 11.8 Å². The Kier molecular flexibility index (Phi) is 6.77. The second-order valence-electron chi connectivity index (χ2n) is 9.78. The lowest BCUT2D eigenvalue weighted by molar-refractivity contribution is -0.148. The van der Waals surface area contributed by atoms with Crippen molar-refractivity contribution in [1.82, 2.24) is 15.1 Å². The topological polar surface area (TPSA) is 85.6 Å². The van der Waals surface area contributed by atoms with E-state index in [1.165, 1.54) is 12.1 Å². The minimum absolute atomic E-state index is 0.0406. The zero-order valence-corrected chi connectivity index (χ0v) is 21.4. The first-order valence-electron chi connectivity index (χ1n) is 12.6. The van der Waals surface area contributed by atoms with Gasteiger partial charge in [-0.1, -0.05) is 18.6 Å². The molecule has 3 aromatic rings. The molecule has 2 atom stereocenters. The van der Waals surface area contributed by atoms with Crippen LogP contribution >= 0.6 is 0 Å². The monoisotopic (exact) mass is 505 g/mol. The molecule has 2 aromatic carbocycles. The summed E-state index contributed by atoms with van der Waals surface area (Å²) >= 11 is 0. The summed E-state index contributed by atoms with van der Waals surface area (Å²) in [6, 6.07) is 12.0. The highest BCUT2D eigenvalue weighted by Gasteiger charge is 2.49. The van der Waals surface area contributed by atoms with E-state index in [0.717, 1.165) is 51.7 Å². The van der Waals surface area contributed by atoms with Crippen molar-refractivity contribution >= 4 is 12.0 Å². The summed E-state index contributed by atoms with van der Waals surface area (Å²) in [6.45, 7) is 2.60. The van der Waals surface area contributed by atoms with Gasteiger partial charge in [-0.3, -0.25) is 4.79 Å². The van der Waals surface area contributed by atoms with Crippen molar-refractivity contribution in [3.8, 4) is 17.2 Å². The number of carboxylic acids is 1. The van der Waals surface area contributed by atoms with Gasteiger partial charge >= 0.3 is 5.97 Å². The van der Waals surface area contributed by atoms with Gasteiger partial charge in [0.1, 0.15) is 17.3 Å². The number of rotatable bonds is 8. The molecule has 0 amide bonds. The Morgan fingerprint density at radius 1 is 1.22 bits per heavy atom. The number of fused-ring (bicyclic) bond motifs is 2. The molecule has 194 valence electrons. The van der Waals surface area contributed by atoms with Crippen LogP contribution in [0.5, 0.6) is 11.5 Å². The first-order chi connectivity index (χ1) is 17.9. The standard InChI is InChI=1S/C29H32FN3O4/c1-4-25-24-16-29(28(34)35)15-21(31-17-18-5-12-23(36-2)14-27(18)37-3)9-6-19(29)13-26(24)33(32-25)22-10-7-20(30)8-11-22/h5,7-8,10-14,21,31H,4,6,9,15-17H2,1-3H3,(H,34,35)/t21-,29+/m0/s1. The number of aliphatic carboxylic acids is 1. The summed E-state index contributed by atoms with van der Waals surface area (Å²) in [5.74, 6) is 0.361. The Hall–Kier alpha value is -3.65. The van der Waals surface area contributed by atoms with Crippen LogP contribution in [-0.2, 0) is 24.2 Å². The number of aryl methyl sites for hydroxylation is 1. The van der Waals surface area contributed by atoms with Gasteiger partial charge in [0.2, 0.25) is 0 Å². The summed E-state index contributed by atoms with van der Waals surface area (Å²) in [6.07, 6.45) is 5.12. The Bertz CT molecular complexity index is 1350. The number of carboxylic acid groups (broad SMARTS) is 1. The molecule has 1 aromatic heterocycles. The third-order valence-electron chi connectivity index (χ3n) is 7.76. The number of halogens is 1. The van der Waals surface area contributed by atoms with Crippen LogP contribution in [0.3, 0.4) is 0 Å². The molecular formula is C29H32FN3O4. The molecule has 1 saturated carbocycles. The molecule has 37 heavy (non-hydrogen) atoms. The highest BCUT2D eigenvalue weighted by atomic mass is 19.1. The number of ether oxygens (including phenoxy) is 2. The van der Waals surface area contributed by atoms with Gasteiger partial charge in [-0.25, -0.2) is 9.07 Å². The molecule has 2 aliphatic rings. The largest absolute Gasteiger partial charge is 0.497 e. The average molecular weight is 506 g/mol. The third-order valence-corrected chi connectivity index (χ3v) is 7.76. The number of carbonyl (C=O) groups is 1. The molecule has 0 saturated heterocycles. The summed E-state index contributed by atoms with van der Waals surface area (Å²) < 4.78 is 26.2. The summed E-state index contributed by atoms with van der Waals surface area (Å²) in [5, 5.41) is 18.9. The molecular weight excluding hydrogens is 473 g/mol. The highest BCUT2D eigenvalue weighted by molar-refractivity contribution is 5.84. The molecule has 5 rings (SSSR count). The number of hydrogen-bond acceptors (Lipinski definition) is 5. The van der Waals surface area contributed by atoms with Crippen LogP contribution in [0.2, 0.25) is 0 Å². The molecule has 0 bridgehead atoms. The molecule has 0 spiro atoms. The molecule has 8 heteroatoms. The Morgan fingerprint density at radius 3 is 2.68 bits per heavy atom. The summed E-state index contributed by atoms with van der Waals surface area (Å²) in [5.41, 5.74) is 4.47. The van der Waals surface area contributed by atoms with Crippen LogP contribution in [0.15, 0.2) is 48.0 Å². The predicted molar refractivity (Wildman–Crippen MR) is 139 cm³/mol. The normalized spacial score (nSPS) is 20.5. The maximum absolute atomic E-state index is 13.5. The molecule has 0 aliphatic heterocycles. The van der Waals surface area contributed by atoms with Gasteiger partial charge in [-0.05, 0) is 68.5 Å². The van der Waals surface area contributed by atoms with Crippen LogP contribution in [-0.4, -0.2) is 41.1 Å². The van der Waals surface area contributed by atoms with E-state index in [9.17, 15) is 14.3 Å². The average Bonchev–Trinajstić information content (AvgIpc) is 3.27. The van der Waals surface area contributed by atoms with Crippen molar-refractivity contribution in [1.29, 1.82) is 0 Å². The second-order valence-corrected chi connectivity index (χ2v) is 9.78. The maximum Gasteiger partial charge on any atom is 0.314 e. The Balaban J connectivity index is 1.43. The van der Waals surface area contributed by atoms with Crippen molar-refractivity contribution in [2.75, 3.05) is 14.2 Å². The highest BCUT2D eigenvalue weighted by Crippen LogP contribution is 2.49. The zero-order valence-electron chi connectivity index (χ0n) is 21.4. The summed E-state index contributed by atoms with van der Waals surface area (Å²) in [7, 11) is 3.25. The van der Waals surface area contributed by atoms with Gasteiger partial charge in [0.05, 0.1) is 36.7 Å². The van der Waals surface area contributed by atoms with E-state index in [1.54, 1.807) is 26.4 Å². The van der Waals surface area contributed by atoms with Gasteiger partial charge in [-0.2, -0.15) is 5.10 Å². The van der Waals surface area contributed by atoms with E-state index in [1.807, 2.05) is 35.9 Å². The lowest BCUT2D eigenvalue weighted by Gasteiger charge is -2.42. The van der Waals surface area contributed by atoms with Gasteiger partial charge in [-0.15, -0.1) is 0 Å².